The van der Waals surface area contributed by atoms with Crippen LogP contribution in [-0.2, 0) is 24.0 Å². The van der Waals surface area contributed by atoms with Crippen molar-refractivity contribution in [3.8, 4) is 0 Å². The van der Waals surface area contributed by atoms with Gasteiger partial charge in [-0.05, 0) is 50.2 Å². The van der Waals surface area contributed by atoms with Crippen molar-refractivity contribution in [1.29, 1.82) is 0 Å². The largest absolute Gasteiger partial charge is 0.480 e. The Kier molecular flexibility index (Phi) is 12.1. The number of nitrogens with two attached hydrogens (primary N) is 1. The molecule has 1 saturated heterocycles. The average Bonchev–Trinajstić information content (AvgIpc) is 3.26. The number of carboxylic acids is 1. The second kappa shape index (κ2) is 13.9. The molecule has 0 radical (unpaired) electrons. The van der Waals surface area contributed by atoms with Crippen molar-refractivity contribution in [2.45, 2.75) is 70.1 Å². The Morgan fingerprint density at radius 1 is 1.06 bits per heavy atom. The van der Waals surface area contributed by atoms with Crippen LogP contribution >= 0.6 is 11.8 Å². The zero-order chi connectivity index (χ0) is 24.3. The minimum atomic E-state index is -1.31. The number of carbonyl (C=O) groups is 5. The molecule has 0 aromatic rings. The summed E-state index contributed by atoms with van der Waals surface area (Å²) in [5, 5.41) is 20.2. The van der Waals surface area contributed by atoms with Gasteiger partial charge in [0.1, 0.15) is 18.1 Å². The van der Waals surface area contributed by atoms with Crippen LogP contribution < -0.4 is 27.0 Å². The Morgan fingerprint density at radius 3 is 2.22 bits per heavy atom. The smallest absolute Gasteiger partial charge is 0.326 e. The molecular formula is C20H35N5O6S. The number of hydrogen-bond donors (Lipinski definition) is 6. The maximum absolute atomic E-state index is 12.9. The Morgan fingerprint density at radius 2 is 1.72 bits per heavy atom. The molecule has 0 spiro atoms. The SMILES string of the molecule is CSCCC(NC(=O)C(NC(=O)C1CCCN1)C(C)C)C(=O)NC(CCC(N)=O)C(=O)O. The average molecular weight is 474 g/mol. The molecule has 182 valence electrons. The van der Waals surface area contributed by atoms with Gasteiger partial charge in [-0.2, -0.15) is 11.8 Å². The molecule has 1 aliphatic rings. The number of nitrogens with one attached hydrogen (secondary N) is 4. The lowest BCUT2D eigenvalue weighted by Gasteiger charge is -2.27. The van der Waals surface area contributed by atoms with Gasteiger partial charge in [0.15, 0.2) is 0 Å². The number of aliphatic carboxylic acids is 1. The lowest BCUT2D eigenvalue weighted by molar-refractivity contribution is -0.142. The lowest BCUT2D eigenvalue weighted by Crippen LogP contribution is -2.58. The summed E-state index contributed by atoms with van der Waals surface area (Å²) in [4.78, 5) is 60.6. The molecule has 1 rings (SSSR count). The summed E-state index contributed by atoms with van der Waals surface area (Å²) in [6.45, 7) is 4.32. The number of thioether (sulfide) groups is 1. The van der Waals surface area contributed by atoms with Crippen molar-refractivity contribution in [2.75, 3.05) is 18.6 Å². The standard InChI is InChI=1S/C20H35N5O6S/c1-11(2)16(25-17(27)12-5-4-9-22-12)19(29)23-13(8-10-32-3)18(28)24-14(20(30)31)6-7-15(21)26/h11-14,16,22H,4-10H2,1-3H3,(H2,21,26)(H,23,29)(H,24,28)(H,25,27)(H,30,31). The summed E-state index contributed by atoms with van der Waals surface area (Å²) in [6.07, 6.45) is 3.33. The van der Waals surface area contributed by atoms with E-state index in [0.717, 1.165) is 13.0 Å². The summed E-state index contributed by atoms with van der Waals surface area (Å²) in [6, 6.07) is -3.49. The zero-order valence-electron chi connectivity index (χ0n) is 18.8. The van der Waals surface area contributed by atoms with Gasteiger partial charge in [-0.25, -0.2) is 4.79 Å². The van der Waals surface area contributed by atoms with E-state index in [1.807, 2.05) is 6.26 Å². The molecule has 4 atom stereocenters. The monoisotopic (exact) mass is 473 g/mol. The quantitative estimate of drug-likeness (QED) is 0.185. The van der Waals surface area contributed by atoms with Gasteiger partial charge in [0, 0.05) is 6.42 Å². The van der Waals surface area contributed by atoms with Gasteiger partial charge in [-0.15, -0.1) is 0 Å². The number of rotatable bonds is 14. The topological polar surface area (TPSA) is 180 Å². The number of carbonyl (C=O) groups excluding carboxylic acids is 4. The first-order valence-electron chi connectivity index (χ1n) is 10.7. The fourth-order valence-electron chi connectivity index (χ4n) is 3.28. The zero-order valence-corrected chi connectivity index (χ0v) is 19.6. The van der Waals surface area contributed by atoms with Crippen molar-refractivity contribution >= 4 is 41.4 Å². The molecule has 4 unspecified atom stereocenters. The maximum Gasteiger partial charge on any atom is 0.326 e. The van der Waals surface area contributed by atoms with Gasteiger partial charge in [0.25, 0.3) is 0 Å². The van der Waals surface area contributed by atoms with Crippen LogP contribution in [0.1, 0.15) is 46.0 Å². The molecule has 0 bridgehead atoms. The number of amides is 4. The fourth-order valence-corrected chi connectivity index (χ4v) is 3.75. The first-order chi connectivity index (χ1) is 15.1. The van der Waals surface area contributed by atoms with Crippen LogP contribution in [0, 0.1) is 5.92 Å². The molecule has 7 N–H and O–H groups in total. The molecule has 4 amide bonds. The Hall–Kier alpha value is -2.34. The van der Waals surface area contributed by atoms with Gasteiger partial charge in [0.05, 0.1) is 6.04 Å². The second-order valence-electron chi connectivity index (χ2n) is 8.13. The van der Waals surface area contributed by atoms with Crippen molar-refractivity contribution in [1.82, 2.24) is 21.3 Å². The van der Waals surface area contributed by atoms with Gasteiger partial charge in [0.2, 0.25) is 23.6 Å². The van der Waals surface area contributed by atoms with E-state index in [1.165, 1.54) is 11.8 Å². The van der Waals surface area contributed by atoms with E-state index in [1.54, 1.807) is 13.8 Å². The van der Waals surface area contributed by atoms with Crippen molar-refractivity contribution in [3.63, 3.8) is 0 Å². The molecule has 0 aromatic heterocycles. The minimum absolute atomic E-state index is 0.154. The first-order valence-corrected chi connectivity index (χ1v) is 12.1. The van der Waals surface area contributed by atoms with Gasteiger partial charge in [-0.3, -0.25) is 19.2 Å². The summed E-state index contributed by atoms with van der Waals surface area (Å²) in [5.74, 6) is -3.11. The van der Waals surface area contributed by atoms with Crippen LogP contribution in [0.3, 0.4) is 0 Å². The van der Waals surface area contributed by atoms with Gasteiger partial charge < -0.3 is 32.1 Å². The lowest BCUT2D eigenvalue weighted by atomic mass is 10.0. The number of hydrogen-bond acceptors (Lipinski definition) is 7. The predicted octanol–water partition coefficient (Wildman–Crippen LogP) is -1.05. The van der Waals surface area contributed by atoms with Crippen LogP contribution in [0.15, 0.2) is 0 Å². The van der Waals surface area contributed by atoms with E-state index >= 15 is 0 Å². The third kappa shape index (κ3) is 9.43. The Balaban J connectivity index is 2.85. The summed E-state index contributed by atoms with van der Waals surface area (Å²) >= 11 is 1.47. The minimum Gasteiger partial charge on any atom is -0.480 e. The Bertz CT molecular complexity index is 683. The van der Waals surface area contributed by atoms with E-state index in [4.69, 9.17) is 5.73 Å². The van der Waals surface area contributed by atoms with Crippen molar-refractivity contribution in [2.24, 2.45) is 11.7 Å². The molecule has 1 aliphatic heterocycles. The van der Waals surface area contributed by atoms with Gasteiger partial charge in [-0.1, -0.05) is 13.8 Å². The molecule has 32 heavy (non-hydrogen) atoms. The van der Waals surface area contributed by atoms with Crippen molar-refractivity contribution in [3.05, 3.63) is 0 Å². The number of carboxylic acid groups (broad SMARTS) is 1. The summed E-state index contributed by atoms with van der Waals surface area (Å²) in [7, 11) is 0. The first kappa shape index (κ1) is 27.7. The highest BCUT2D eigenvalue weighted by molar-refractivity contribution is 7.98. The second-order valence-corrected chi connectivity index (χ2v) is 9.11. The van der Waals surface area contributed by atoms with Crippen molar-refractivity contribution < 1.29 is 29.1 Å². The molecule has 11 nitrogen and oxygen atoms in total. The molecule has 12 heteroatoms. The highest BCUT2D eigenvalue weighted by Crippen LogP contribution is 2.10. The van der Waals surface area contributed by atoms with Crippen LogP contribution in [-0.4, -0.2) is 77.4 Å². The third-order valence-electron chi connectivity index (χ3n) is 5.16. The van der Waals surface area contributed by atoms with Gasteiger partial charge >= 0.3 is 5.97 Å². The normalized spacial score (nSPS) is 18.4. The predicted molar refractivity (Wildman–Crippen MR) is 121 cm³/mol. The van der Waals surface area contributed by atoms with Crippen LogP contribution in [0.25, 0.3) is 0 Å². The number of primary amides is 1. The van der Waals surface area contributed by atoms with Crippen LogP contribution in [0.2, 0.25) is 0 Å². The molecule has 0 aromatic carbocycles. The summed E-state index contributed by atoms with van der Waals surface area (Å²) in [5.41, 5.74) is 5.07. The molecule has 0 aliphatic carbocycles. The van der Waals surface area contributed by atoms with Crippen LogP contribution in [0.5, 0.6) is 0 Å². The van der Waals surface area contributed by atoms with E-state index in [2.05, 4.69) is 21.3 Å². The summed E-state index contributed by atoms with van der Waals surface area (Å²) < 4.78 is 0. The molecular weight excluding hydrogens is 438 g/mol. The maximum atomic E-state index is 12.9. The molecule has 1 heterocycles. The molecule has 1 fully saturated rings. The van der Waals surface area contributed by atoms with E-state index in [-0.39, 0.29) is 37.1 Å². The highest BCUT2D eigenvalue weighted by Gasteiger charge is 2.32. The third-order valence-corrected chi connectivity index (χ3v) is 5.81. The van der Waals surface area contributed by atoms with E-state index < -0.39 is 41.8 Å². The highest BCUT2D eigenvalue weighted by atomic mass is 32.2. The van der Waals surface area contributed by atoms with E-state index in [9.17, 15) is 29.1 Å². The Labute approximate surface area is 192 Å². The van der Waals surface area contributed by atoms with Crippen LogP contribution in [0.4, 0.5) is 0 Å². The van der Waals surface area contributed by atoms with E-state index in [0.29, 0.717) is 12.2 Å². The fraction of sp³-hybridized carbons (Fsp3) is 0.750. The molecule has 0 saturated carbocycles.